The highest BCUT2D eigenvalue weighted by atomic mass is 19.3. The highest BCUT2D eigenvalue weighted by Gasteiger charge is 2.11. The van der Waals surface area contributed by atoms with E-state index in [0.717, 1.165) is 6.07 Å². The summed E-state index contributed by atoms with van der Waals surface area (Å²) in [5, 5.41) is 10.7. The van der Waals surface area contributed by atoms with Crippen molar-refractivity contribution in [3.63, 3.8) is 0 Å². The van der Waals surface area contributed by atoms with E-state index >= 15 is 0 Å². The molecule has 4 nitrogen and oxygen atoms in total. The lowest BCUT2D eigenvalue weighted by atomic mass is 10.1. The lowest BCUT2D eigenvalue weighted by Gasteiger charge is -2.05. The van der Waals surface area contributed by atoms with Crippen molar-refractivity contribution < 1.29 is 23.5 Å². The number of halogens is 2. The highest BCUT2D eigenvalue weighted by molar-refractivity contribution is 5.94. The molecule has 0 bridgehead atoms. The number of benzene rings is 1. The molecule has 0 heterocycles. The van der Waals surface area contributed by atoms with Gasteiger partial charge in [-0.3, -0.25) is 9.59 Å². The maximum absolute atomic E-state index is 12.4. The van der Waals surface area contributed by atoms with E-state index in [0.29, 0.717) is 0 Å². The molecule has 0 aliphatic heterocycles. The summed E-state index contributed by atoms with van der Waals surface area (Å²) in [6, 6.07) is 5.05. The van der Waals surface area contributed by atoms with Crippen LogP contribution in [0.4, 0.5) is 8.78 Å². The van der Waals surface area contributed by atoms with Crippen LogP contribution in [0.2, 0.25) is 0 Å². The standard InChI is InChI=1S/C11H11F2NO3/c12-10(13)7-2-1-3-8(6-7)11(17)14-5-4-9(15)16/h1-3,6,10H,4-5H2,(H,14,17)(H,15,16). The zero-order valence-electron chi connectivity index (χ0n) is 8.82. The first-order valence-corrected chi connectivity index (χ1v) is 4.89. The molecule has 1 aromatic carbocycles. The van der Waals surface area contributed by atoms with Crippen molar-refractivity contribution in [3.8, 4) is 0 Å². The number of hydrogen-bond acceptors (Lipinski definition) is 2. The zero-order valence-corrected chi connectivity index (χ0v) is 8.82. The lowest BCUT2D eigenvalue weighted by Crippen LogP contribution is -2.26. The quantitative estimate of drug-likeness (QED) is 0.829. The Bertz CT molecular complexity index is 421. The third-order valence-corrected chi connectivity index (χ3v) is 2.03. The van der Waals surface area contributed by atoms with Crippen LogP contribution in [-0.2, 0) is 4.79 Å². The van der Waals surface area contributed by atoms with Crippen LogP contribution in [0.3, 0.4) is 0 Å². The van der Waals surface area contributed by atoms with Crippen molar-refractivity contribution in [2.45, 2.75) is 12.8 Å². The SMILES string of the molecule is O=C(O)CCNC(=O)c1cccc(C(F)F)c1. The van der Waals surface area contributed by atoms with Gasteiger partial charge in [-0.15, -0.1) is 0 Å². The average Bonchev–Trinajstić information content (AvgIpc) is 2.28. The summed E-state index contributed by atoms with van der Waals surface area (Å²) in [5.41, 5.74) is -0.149. The minimum atomic E-state index is -2.64. The van der Waals surface area contributed by atoms with E-state index in [2.05, 4.69) is 5.32 Å². The number of amides is 1. The third kappa shape index (κ3) is 4.18. The van der Waals surface area contributed by atoms with E-state index in [9.17, 15) is 18.4 Å². The first-order chi connectivity index (χ1) is 8.00. The largest absolute Gasteiger partial charge is 0.481 e. The van der Waals surface area contributed by atoms with Crippen molar-refractivity contribution >= 4 is 11.9 Å². The molecule has 0 unspecified atom stereocenters. The molecule has 1 amide bonds. The Morgan fingerprint density at radius 2 is 2.06 bits per heavy atom. The van der Waals surface area contributed by atoms with Gasteiger partial charge in [0, 0.05) is 17.7 Å². The summed E-state index contributed by atoms with van der Waals surface area (Å²) in [5.74, 6) is -1.60. The molecule has 92 valence electrons. The second-order valence-electron chi connectivity index (χ2n) is 3.33. The average molecular weight is 243 g/mol. The Balaban J connectivity index is 2.62. The van der Waals surface area contributed by atoms with Crippen molar-refractivity contribution in [1.29, 1.82) is 0 Å². The Hall–Kier alpha value is -1.98. The fourth-order valence-electron chi connectivity index (χ4n) is 1.20. The summed E-state index contributed by atoms with van der Waals surface area (Å²) >= 11 is 0. The first kappa shape index (κ1) is 13.1. The summed E-state index contributed by atoms with van der Waals surface area (Å²) < 4.78 is 24.7. The van der Waals surface area contributed by atoms with Crippen molar-refractivity contribution in [3.05, 3.63) is 35.4 Å². The topological polar surface area (TPSA) is 66.4 Å². The lowest BCUT2D eigenvalue weighted by molar-refractivity contribution is -0.136. The van der Waals surface area contributed by atoms with Gasteiger partial charge < -0.3 is 10.4 Å². The molecule has 17 heavy (non-hydrogen) atoms. The normalized spacial score (nSPS) is 10.3. The van der Waals surface area contributed by atoms with Crippen LogP contribution in [0.1, 0.15) is 28.8 Å². The minimum Gasteiger partial charge on any atom is -0.481 e. The molecule has 0 aliphatic rings. The molecule has 6 heteroatoms. The van der Waals surface area contributed by atoms with Crippen LogP contribution in [0, 0.1) is 0 Å². The van der Waals surface area contributed by atoms with Gasteiger partial charge in [0.1, 0.15) is 0 Å². The predicted octanol–water partition coefficient (Wildman–Crippen LogP) is 1.83. The zero-order chi connectivity index (χ0) is 12.8. The molecule has 0 saturated carbocycles. The molecule has 1 aromatic rings. The monoisotopic (exact) mass is 243 g/mol. The summed E-state index contributed by atoms with van der Waals surface area (Å²) in [7, 11) is 0. The number of carbonyl (C=O) groups is 2. The first-order valence-electron chi connectivity index (χ1n) is 4.89. The van der Waals surface area contributed by atoms with Gasteiger partial charge in [0.05, 0.1) is 6.42 Å². The number of carboxylic acids is 1. The number of carbonyl (C=O) groups excluding carboxylic acids is 1. The molecule has 0 fully saturated rings. The minimum absolute atomic E-state index is 0.0346. The van der Waals surface area contributed by atoms with E-state index in [4.69, 9.17) is 5.11 Å². The summed E-state index contributed by atoms with van der Waals surface area (Å²) in [6.07, 6.45) is -2.85. The number of nitrogens with one attached hydrogen (secondary N) is 1. The van der Waals surface area contributed by atoms with Gasteiger partial charge in [-0.25, -0.2) is 8.78 Å². The second kappa shape index (κ2) is 5.93. The van der Waals surface area contributed by atoms with Crippen molar-refractivity contribution in [2.75, 3.05) is 6.54 Å². The smallest absolute Gasteiger partial charge is 0.305 e. The third-order valence-electron chi connectivity index (χ3n) is 2.03. The number of aliphatic carboxylic acids is 1. The summed E-state index contributed by atoms with van der Waals surface area (Å²) in [6.45, 7) is -0.0346. The molecule has 0 aromatic heterocycles. The molecule has 0 radical (unpaired) electrons. The van der Waals surface area contributed by atoms with E-state index in [1.807, 2.05) is 0 Å². The van der Waals surface area contributed by atoms with Crippen molar-refractivity contribution in [1.82, 2.24) is 5.32 Å². The molecular formula is C11H11F2NO3. The number of carboxylic acid groups (broad SMARTS) is 1. The maximum atomic E-state index is 12.4. The second-order valence-corrected chi connectivity index (χ2v) is 3.33. The fourth-order valence-corrected chi connectivity index (χ4v) is 1.20. The van der Waals surface area contributed by atoms with Gasteiger partial charge in [0.15, 0.2) is 0 Å². The Morgan fingerprint density at radius 1 is 1.35 bits per heavy atom. The summed E-state index contributed by atoms with van der Waals surface area (Å²) in [4.78, 5) is 21.7. The van der Waals surface area contributed by atoms with Crippen LogP contribution in [0.5, 0.6) is 0 Å². The predicted molar refractivity (Wildman–Crippen MR) is 56.0 cm³/mol. The Labute approximate surface area is 96.3 Å². The van der Waals surface area contributed by atoms with Gasteiger partial charge in [0.25, 0.3) is 12.3 Å². The Morgan fingerprint density at radius 3 is 2.65 bits per heavy atom. The van der Waals surface area contributed by atoms with E-state index in [1.54, 1.807) is 0 Å². The van der Waals surface area contributed by atoms with Gasteiger partial charge in [-0.05, 0) is 12.1 Å². The Kier molecular flexibility index (Phi) is 4.56. The van der Waals surface area contributed by atoms with Gasteiger partial charge in [-0.2, -0.15) is 0 Å². The molecule has 0 saturated heterocycles. The highest BCUT2D eigenvalue weighted by Crippen LogP contribution is 2.19. The molecule has 2 N–H and O–H groups in total. The molecule has 0 spiro atoms. The van der Waals surface area contributed by atoms with Gasteiger partial charge in [0.2, 0.25) is 0 Å². The van der Waals surface area contributed by atoms with Gasteiger partial charge >= 0.3 is 5.97 Å². The maximum Gasteiger partial charge on any atom is 0.305 e. The molecular weight excluding hydrogens is 232 g/mol. The molecule has 0 atom stereocenters. The molecule has 1 rings (SSSR count). The van der Waals surface area contributed by atoms with Crippen LogP contribution in [0.15, 0.2) is 24.3 Å². The van der Waals surface area contributed by atoms with Crippen LogP contribution in [0.25, 0.3) is 0 Å². The molecule has 0 aliphatic carbocycles. The van der Waals surface area contributed by atoms with E-state index in [1.165, 1.54) is 18.2 Å². The number of rotatable bonds is 5. The van der Waals surface area contributed by atoms with Crippen molar-refractivity contribution in [2.24, 2.45) is 0 Å². The van der Waals surface area contributed by atoms with Crippen LogP contribution in [-0.4, -0.2) is 23.5 Å². The number of alkyl halides is 2. The van der Waals surface area contributed by atoms with Gasteiger partial charge in [-0.1, -0.05) is 12.1 Å². The fraction of sp³-hybridized carbons (Fsp3) is 0.273. The van der Waals surface area contributed by atoms with Crippen LogP contribution < -0.4 is 5.32 Å². The van der Waals surface area contributed by atoms with E-state index < -0.39 is 18.3 Å². The van der Waals surface area contributed by atoms with Crippen LogP contribution >= 0.6 is 0 Å². The van der Waals surface area contributed by atoms with E-state index in [-0.39, 0.29) is 24.1 Å². The number of hydrogen-bond donors (Lipinski definition) is 2.